The van der Waals surface area contributed by atoms with Crippen LogP contribution in [0.15, 0.2) is 70.9 Å². The molecule has 0 radical (unpaired) electrons. The molecule has 1 atom stereocenters. The monoisotopic (exact) mass is 305 g/mol. The molecule has 2 aromatic carbocycles. The van der Waals surface area contributed by atoms with Crippen LogP contribution >= 0.6 is 0 Å². The number of hydrogen-bond acceptors (Lipinski definition) is 4. The van der Waals surface area contributed by atoms with Gasteiger partial charge in [0, 0.05) is 0 Å². The van der Waals surface area contributed by atoms with Crippen LogP contribution < -0.4 is 5.01 Å². The van der Waals surface area contributed by atoms with Crippen molar-refractivity contribution in [2.24, 2.45) is 10.3 Å². The Hall–Kier alpha value is -2.95. The van der Waals surface area contributed by atoms with E-state index in [1.807, 2.05) is 67.6 Å². The maximum Gasteiger partial charge on any atom is 0.300 e. The second-order valence-electron chi connectivity index (χ2n) is 5.64. The highest BCUT2D eigenvalue weighted by Gasteiger charge is 2.56. The Kier molecular flexibility index (Phi) is 3.01. The second kappa shape index (κ2) is 5.05. The van der Waals surface area contributed by atoms with Crippen LogP contribution in [0.4, 0.5) is 5.69 Å². The first-order valence-electron chi connectivity index (χ1n) is 7.46. The van der Waals surface area contributed by atoms with E-state index in [9.17, 15) is 4.79 Å². The van der Waals surface area contributed by atoms with Crippen LogP contribution in [0.25, 0.3) is 0 Å². The SMILES string of the molecule is CC1=NN(c2ccccc2)C(=O)C12CC(c1ccccc1)=NO2. The Bertz CT molecular complexity index is 815. The van der Waals surface area contributed by atoms with Gasteiger partial charge in [-0.2, -0.15) is 10.1 Å². The van der Waals surface area contributed by atoms with E-state index < -0.39 is 5.60 Å². The fourth-order valence-corrected chi connectivity index (χ4v) is 2.87. The largest absolute Gasteiger partial charge is 0.372 e. The van der Waals surface area contributed by atoms with Gasteiger partial charge in [0.15, 0.2) is 0 Å². The lowest BCUT2D eigenvalue weighted by molar-refractivity contribution is -0.132. The van der Waals surface area contributed by atoms with Crippen molar-refractivity contribution in [3.8, 4) is 0 Å². The Morgan fingerprint density at radius 1 is 1.04 bits per heavy atom. The molecule has 2 aromatic rings. The van der Waals surface area contributed by atoms with Gasteiger partial charge < -0.3 is 4.84 Å². The summed E-state index contributed by atoms with van der Waals surface area (Å²) in [4.78, 5) is 18.5. The number of nitrogens with zero attached hydrogens (tertiary/aromatic N) is 3. The Morgan fingerprint density at radius 2 is 1.70 bits per heavy atom. The molecule has 114 valence electrons. The van der Waals surface area contributed by atoms with Crippen LogP contribution in [0.5, 0.6) is 0 Å². The molecule has 0 aliphatic carbocycles. The number of benzene rings is 2. The molecule has 2 heterocycles. The summed E-state index contributed by atoms with van der Waals surface area (Å²) in [5, 5.41) is 9.97. The molecule has 23 heavy (non-hydrogen) atoms. The van der Waals surface area contributed by atoms with E-state index in [0.717, 1.165) is 17.0 Å². The summed E-state index contributed by atoms with van der Waals surface area (Å²) in [6, 6.07) is 19.1. The summed E-state index contributed by atoms with van der Waals surface area (Å²) >= 11 is 0. The molecule has 5 nitrogen and oxygen atoms in total. The molecular formula is C18H15N3O2. The maximum absolute atomic E-state index is 12.9. The third kappa shape index (κ3) is 2.04. The van der Waals surface area contributed by atoms with Crippen molar-refractivity contribution in [3.63, 3.8) is 0 Å². The van der Waals surface area contributed by atoms with Crippen molar-refractivity contribution in [3.05, 3.63) is 66.2 Å². The number of hydrazone groups is 1. The predicted molar refractivity (Wildman–Crippen MR) is 88.4 cm³/mol. The van der Waals surface area contributed by atoms with Gasteiger partial charge in [-0.3, -0.25) is 4.79 Å². The van der Waals surface area contributed by atoms with Gasteiger partial charge in [0.05, 0.1) is 23.5 Å². The highest BCUT2D eigenvalue weighted by Crippen LogP contribution is 2.36. The zero-order valence-electron chi connectivity index (χ0n) is 12.6. The van der Waals surface area contributed by atoms with Crippen LogP contribution in [-0.4, -0.2) is 22.9 Å². The van der Waals surface area contributed by atoms with Gasteiger partial charge in [0.25, 0.3) is 5.60 Å². The van der Waals surface area contributed by atoms with Gasteiger partial charge in [0.2, 0.25) is 0 Å². The summed E-state index contributed by atoms with van der Waals surface area (Å²) in [7, 11) is 0. The lowest BCUT2D eigenvalue weighted by atomic mass is 9.90. The first-order chi connectivity index (χ1) is 11.2. The average Bonchev–Trinajstić information content (AvgIpc) is 3.16. The minimum Gasteiger partial charge on any atom is -0.372 e. The summed E-state index contributed by atoms with van der Waals surface area (Å²) < 4.78 is 0. The normalized spacial score (nSPS) is 23.0. The van der Waals surface area contributed by atoms with Crippen molar-refractivity contribution in [1.82, 2.24) is 0 Å². The lowest BCUT2D eigenvalue weighted by Crippen LogP contribution is -2.46. The van der Waals surface area contributed by atoms with E-state index in [1.54, 1.807) is 0 Å². The first-order valence-corrected chi connectivity index (χ1v) is 7.46. The van der Waals surface area contributed by atoms with Gasteiger partial charge in [-0.1, -0.05) is 53.7 Å². The number of anilines is 1. The summed E-state index contributed by atoms with van der Waals surface area (Å²) in [6.07, 6.45) is 0.397. The fraction of sp³-hybridized carbons (Fsp3) is 0.167. The number of oxime groups is 1. The third-order valence-electron chi connectivity index (χ3n) is 4.21. The lowest BCUT2D eigenvalue weighted by Gasteiger charge is -2.20. The van der Waals surface area contributed by atoms with E-state index in [1.165, 1.54) is 5.01 Å². The number of hydrogen-bond donors (Lipinski definition) is 0. The highest BCUT2D eigenvalue weighted by atomic mass is 16.7. The van der Waals surface area contributed by atoms with Crippen LogP contribution in [-0.2, 0) is 9.63 Å². The topological polar surface area (TPSA) is 54.3 Å². The summed E-state index contributed by atoms with van der Waals surface area (Å²) in [5.74, 6) is -0.198. The van der Waals surface area contributed by atoms with Crippen LogP contribution in [0.1, 0.15) is 18.9 Å². The fourth-order valence-electron chi connectivity index (χ4n) is 2.87. The minimum absolute atomic E-state index is 0.198. The standard InChI is InChI=1S/C18H15N3O2/c1-13-18(12-16(20-23-18)14-8-4-2-5-9-14)17(22)21(19-13)15-10-6-3-7-11-15/h2-11H,12H2,1H3. The van der Waals surface area contributed by atoms with Crippen molar-refractivity contribution in [1.29, 1.82) is 0 Å². The molecule has 0 aromatic heterocycles. The number of para-hydroxylation sites is 1. The van der Waals surface area contributed by atoms with Crippen molar-refractivity contribution < 1.29 is 9.63 Å². The molecule has 1 unspecified atom stereocenters. The van der Waals surface area contributed by atoms with Gasteiger partial charge in [-0.15, -0.1) is 0 Å². The molecule has 0 fully saturated rings. The predicted octanol–water partition coefficient (Wildman–Crippen LogP) is 2.97. The first kappa shape index (κ1) is 13.7. The maximum atomic E-state index is 12.9. The van der Waals surface area contributed by atoms with Gasteiger partial charge in [0.1, 0.15) is 0 Å². The highest BCUT2D eigenvalue weighted by molar-refractivity contribution is 6.25. The number of carbonyl (C=O) groups is 1. The van der Waals surface area contributed by atoms with Crippen LogP contribution in [0.2, 0.25) is 0 Å². The van der Waals surface area contributed by atoms with E-state index in [2.05, 4.69) is 10.3 Å². The molecule has 0 saturated carbocycles. The molecule has 4 rings (SSSR count). The van der Waals surface area contributed by atoms with Gasteiger partial charge in [-0.05, 0) is 24.6 Å². The Labute approximate surface area is 133 Å². The van der Waals surface area contributed by atoms with E-state index in [-0.39, 0.29) is 5.91 Å². The minimum atomic E-state index is -1.11. The zero-order chi connectivity index (χ0) is 15.9. The number of rotatable bonds is 2. The third-order valence-corrected chi connectivity index (χ3v) is 4.21. The molecule has 2 aliphatic rings. The van der Waals surface area contributed by atoms with E-state index in [0.29, 0.717) is 12.1 Å². The van der Waals surface area contributed by atoms with Crippen LogP contribution in [0.3, 0.4) is 0 Å². The zero-order valence-corrected chi connectivity index (χ0v) is 12.6. The van der Waals surface area contributed by atoms with Crippen molar-refractivity contribution in [2.45, 2.75) is 18.9 Å². The number of carbonyl (C=O) groups excluding carboxylic acids is 1. The molecular weight excluding hydrogens is 290 g/mol. The molecule has 1 amide bonds. The molecule has 2 aliphatic heterocycles. The Balaban J connectivity index is 1.64. The van der Waals surface area contributed by atoms with Gasteiger partial charge >= 0.3 is 5.91 Å². The smallest absolute Gasteiger partial charge is 0.300 e. The molecule has 0 bridgehead atoms. The average molecular weight is 305 g/mol. The summed E-state index contributed by atoms with van der Waals surface area (Å²) in [6.45, 7) is 1.81. The second-order valence-corrected chi connectivity index (χ2v) is 5.64. The molecule has 5 heteroatoms. The van der Waals surface area contributed by atoms with Crippen molar-refractivity contribution in [2.75, 3.05) is 5.01 Å². The van der Waals surface area contributed by atoms with Crippen molar-refractivity contribution >= 4 is 23.0 Å². The van der Waals surface area contributed by atoms with Crippen LogP contribution in [0, 0.1) is 0 Å². The number of amides is 1. The quantitative estimate of drug-likeness (QED) is 0.856. The Morgan fingerprint density at radius 3 is 2.39 bits per heavy atom. The molecule has 0 N–H and O–H groups in total. The summed E-state index contributed by atoms with van der Waals surface area (Å²) in [5.41, 5.74) is 1.97. The van der Waals surface area contributed by atoms with Gasteiger partial charge in [-0.25, -0.2) is 0 Å². The molecule has 0 saturated heterocycles. The van der Waals surface area contributed by atoms with E-state index in [4.69, 9.17) is 4.84 Å². The molecule has 1 spiro atoms. The van der Waals surface area contributed by atoms with E-state index >= 15 is 0 Å².